The maximum absolute atomic E-state index is 5.70. The molecule has 0 aromatic carbocycles. The van der Waals surface area contributed by atoms with E-state index in [4.69, 9.17) is 18.0 Å². The van der Waals surface area contributed by atoms with Crippen molar-refractivity contribution >= 4 is 12.2 Å². The molecule has 0 saturated carbocycles. The van der Waals surface area contributed by atoms with Gasteiger partial charge in [-0.15, -0.1) is 0 Å². The average Bonchev–Trinajstić information content (AvgIpc) is 2.30. The van der Waals surface area contributed by atoms with Crippen molar-refractivity contribution in [2.75, 3.05) is 0 Å². The molecule has 3 N–H and O–H groups in total. The normalized spacial score (nSPS) is 13.6. The summed E-state index contributed by atoms with van der Waals surface area (Å²) in [4.78, 5) is 0. The quantitative estimate of drug-likeness (QED) is 0.725. The van der Waals surface area contributed by atoms with Crippen molar-refractivity contribution in [3.8, 4) is 0 Å². The number of nitrogens with two attached hydrogens (primary N) is 1. The van der Waals surface area contributed by atoms with E-state index < -0.39 is 0 Å². The predicted molar refractivity (Wildman–Crippen MR) is 55.2 cm³/mol. The van der Waals surface area contributed by atoms with Gasteiger partial charge in [-0.1, -0.05) is 0 Å². The molecule has 1 unspecified atom stereocenters. The third kappa shape index (κ3) is 2.38. The number of H-pyrrole nitrogens is 1. The van der Waals surface area contributed by atoms with E-state index >= 15 is 0 Å². The second-order valence-electron chi connectivity index (χ2n) is 3.59. The van der Waals surface area contributed by atoms with Crippen LogP contribution in [-0.2, 0) is 6.42 Å². The van der Waals surface area contributed by atoms with Crippen molar-refractivity contribution in [3.05, 3.63) is 10.6 Å². The van der Waals surface area contributed by atoms with E-state index in [9.17, 15) is 0 Å². The first-order valence-corrected chi connectivity index (χ1v) is 4.84. The SMILES string of the molecule is CC(N)Cc1n[nH]c(=S)n1C(C)C. The Labute approximate surface area is 83.1 Å². The number of aromatic amines is 1. The number of nitrogens with zero attached hydrogens (tertiary/aromatic N) is 2. The van der Waals surface area contributed by atoms with Gasteiger partial charge in [-0.05, 0) is 33.0 Å². The molecule has 1 aromatic rings. The van der Waals surface area contributed by atoms with Crippen LogP contribution < -0.4 is 5.73 Å². The minimum Gasteiger partial charge on any atom is -0.328 e. The molecule has 0 bridgehead atoms. The van der Waals surface area contributed by atoms with Gasteiger partial charge in [-0.25, -0.2) is 0 Å². The van der Waals surface area contributed by atoms with Gasteiger partial charge < -0.3 is 10.3 Å². The van der Waals surface area contributed by atoms with Gasteiger partial charge in [0.05, 0.1) is 0 Å². The van der Waals surface area contributed by atoms with Crippen LogP contribution in [0.2, 0.25) is 0 Å². The fraction of sp³-hybridized carbons (Fsp3) is 0.750. The molecule has 5 heteroatoms. The van der Waals surface area contributed by atoms with E-state index in [0.29, 0.717) is 10.8 Å². The molecule has 0 aliphatic carbocycles. The summed E-state index contributed by atoms with van der Waals surface area (Å²) in [5.41, 5.74) is 5.70. The average molecular weight is 200 g/mol. The van der Waals surface area contributed by atoms with Gasteiger partial charge in [-0.2, -0.15) is 5.10 Å². The molecule has 13 heavy (non-hydrogen) atoms. The first-order chi connectivity index (χ1) is 6.02. The van der Waals surface area contributed by atoms with Crippen LogP contribution >= 0.6 is 12.2 Å². The second kappa shape index (κ2) is 4.02. The van der Waals surface area contributed by atoms with Crippen molar-refractivity contribution in [3.63, 3.8) is 0 Å². The lowest BCUT2D eigenvalue weighted by Gasteiger charge is -2.11. The van der Waals surface area contributed by atoms with Crippen molar-refractivity contribution in [1.82, 2.24) is 14.8 Å². The van der Waals surface area contributed by atoms with Crippen LogP contribution in [0.3, 0.4) is 0 Å². The van der Waals surface area contributed by atoms with Crippen LogP contribution in [0.15, 0.2) is 0 Å². The highest BCUT2D eigenvalue weighted by molar-refractivity contribution is 7.71. The lowest BCUT2D eigenvalue weighted by Crippen LogP contribution is -2.21. The number of nitrogens with one attached hydrogen (secondary N) is 1. The Hall–Kier alpha value is -0.680. The lowest BCUT2D eigenvalue weighted by atomic mass is 10.2. The molecular weight excluding hydrogens is 184 g/mol. The summed E-state index contributed by atoms with van der Waals surface area (Å²) in [5.74, 6) is 0.940. The summed E-state index contributed by atoms with van der Waals surface area (Å²) in [7, 11) is 0. The highest BCUT2D eigenvalue weighted by Gasteiger charge is 2.10. The first-order valence-electron chi connectivity index (χ1n) is 4.43. The number of hydrogen-bond acceptors (Lipinski definition) is 3. The van der Waals surface area contributed by atoms with Crippen LogP contribution in [0.4, 0.5) is 0 Å². The molecule has 1 atom stereocenters. The summed E-state index contributed by atoms with van der Waals surface area (Å²) in [6.07, 6.45) is 0.755. The highest BCUT2D eigenvalue weighted by Crippen LogP contribution is 2.09. The molecular formula is C8H16N4S. The van der Waals surface area contributed by atoms with Crippen molar-refractivity contribution < 1.29 is 0 Å². The fourth-order valence-electron chi connectivity index (χ4n) is 1.30. The molecule has 0 aliphatic heterocycles. The highest BCUT2D eigenvalue weighted by atomic mass is 32.1. The Morgan fingerprint density at radius 1 is 1.54 bits per heavy atom. The summed E-state index contributed by atoms with van der Waals surface area (Å²) in [6, 6.07) is 0.447. The van der Waals surface area contributed by atoms with Gasteiger partial charge in [0.15, 0.2) is 4.77 Å². The molecule has 0 saturated heterocycles. The Morgan fingerprint density at radius 3 is 2.62 bits per heavy atom. The Balaban J connectivity index is 3.01. The Morgan fingerprint density at radius 2 is 2.15 bits per heavy atom. The molecule has 0 amide bonds. The maximum Gasteiger partial charge on any atom is 0.195 e. The van der Waals surface area contributed by atoms with Crippen LogP contribution in [0.5, 0.6) is 0 Å². The second-order valence-corrected chi connectivity index (χ2v) is 3.98. The van der Waals surface area contributed by atoms with Gasteiger partial charge in [0.2, 0.25) is 0 Å². The topological polar surface area (TPSA) is 59.6 Å². The van der Waals surface area contributed by atoms with Crippen LogP contribution in [0.1, 0.15) is 32.6 Å². The van der Waals surface area contributed by atoms with Crippen LogP contribution in [0, 0.1) is 4.77 Å². The molecule has 74 valence electrons. The van der Waals surface area contributed by atoms with E-state index in [-0.39, 0.29) is 6.04 Å². The molecule has 0 aliphatic rings. The van der Waals surface area contributed by atoms with Gasteiger partial charge in [0.25, 0.3) is 0 Å². The number of hydrogen-bond donors (Lipinski definition) is 2. The molecule has 0 radical (unpaired) electrons. The first kappa shape index (κ1) is 10.4. The van der Waals surface area contributed by atoms with Crippen LogP contribution in [0.25, 0.3) is 0 Å². The van der Waals surface area contributed by atoms with E-state index in [1.54, 1.807) is 0 Å². The largest absolute Gasteiger partial charge is 0.328 e. The monoisotopic (exact) mass is 200 g/mol. The summed E-state index contributed by atoms with van der Waals surface area (Å²) in [6.45, 7) is 6.12. The Bertz CT molecular complexity index is 323. The standard InChI is InChI=1S/C8H16N4S/c1-5(2)12-7(4-6(3)9)10-11-8(12)13/h5-6H,4,9H2,1-3H3,(H,11,13). The van der Waals surface area contributed by atoms with Gasteiger partial charge in [0.1, 0.15) is 5.82 Å². The van der Waals surface area contributed by atoms with Gasteiger partial charge >= 0.3 is 0 Å². The summed E-state index contributed by atoms with van der Waals surface area (Å²) < 4.78 is 2.67. The molecule has 1 heterocycles. The van der Waals surface area contributed by atoms with Crippen molar-refractivity contribution in [2.24, 2.45) is 5.73 Å². The summed E-state index contributed by atoms with van der Waals surface area (Å²) in [5, 5.41) is 6.93. The van der Waals surface area contributed by atoms with E-state index in [2.05, 4.69) is 24.0 Å². The Kier molecular flexibility index (Phi) is 3.22. The fourth-order valence-corrected chi connectivity index (χ4v) is 1.66. The van der Waals surface area contributed by atoms with E-state index in [1.807, 2.05) is 11.5 Å². The predicted octanol–water partition coefficient (Wildman–Crippen LogP) is 1.41. The molecule has 0 spiro atoms. The van der Waals surface area contributed by atoms with Gasteiger partial charge in [0, 0.05) is 18.5 Å². The van der Waals surface area contributed by atoms with E-state index in [0.717, 1.165) is 12.2 Å². The zero-order chi connectivity index (χ0) is 10.0. The molecule has 1 rings (SSSR count). The van der Waals surface area contributed by atoms with Crippen molar-refractivity contribution in [1.29, 1.82) is 0 Å². The zero-order valence-corrected chi connectivity index (χ0v) is 9.06. The van der Waals surface area contributed by atoms with Crippen LogP contribution in [-0.4, -0.2) is 20.8 Å². The number of aromatic nitrogens is 3. The minimum atomic E-state index is 0.114. The lowest BCUT2D eigenvalue weighted by molar-refractivity contribution is 0.545. The zero-order valence-electron chi connectivity index (χ0n) is 8.24. The number of rotatable bonds is 3. The molecule has 1 aromatic heterocycles. The molecule has 4 nitrogen and oxygen atoms in total. The maximum atomic E-state index is 5.70. The third-order valence-electron chi connectivity index (χ3n) is 1.80. The van der Waals surface area contributed by atoms with E-state index in [1.165, 1.54) is 0 Å². The van der Waals surface area contributed by atoms with Gasteiger partial charge in [-0.3, -0.25) is 5.10 Å². The smallest absolute Gasteiger partial charge is 0.195 e. The summed E-state index contributed by atoms with van der Waals surface area (Å²) >= 11 is 5.11. The third-order valence-corrected chi connectivity index (χ3v) is 2.09. The minimum absolute atomic E-state index is 0.114. The molecule has 0 fully saturated rings. The van der Waals surface area contributed by atoms with Crippen molar-refractivity contribution in [2.45, 2.75) is 39.3 Å².